The van der Waals surface area contributed by atoms with Crippen LogP contribution in [0.25, 0.3) is 0 Å². The summed E-state index contributed by atoms with van der Waals surface area (Å²) in [5.74, 6) is 0. The van der Waals surface area contributed by atoms with Crippen molar-refractivity contribution in [3.63, 3.8) is 0 Å². The summed E-state index contributed by atoms with van der Waals surface area (Å²) in [5.41, 5.74) is 14.8. The second-order valence-corrected chi connectivity index (χ2v) is 12.0. The molecule has 11 heteroatoms. The van der Waals surface area contributed by atoms with E-state index in [4.69, 9.17) is 40.0 Å². The minimum Gasteiger partial charge on any atom is -0.388 e. The Labute approximate surface area is 249 Å². The van der Waals surface area contributed by atoms with Crippen LogP contribution in [0, 0.1) is 5.41 Å². The minimum absolute atomic E-state index is 0.192. The first kappa shape index (κ1) is 33.1. The van der Waals surface area contributed by atoms with E-state index in [1.54, 1.807) is 7.05 Å². The first-order valence-corrected chi connectivity index (χ1v) is 14.0. The van der Waals surface area contributed by atoms with Gasteiger partial charge in [-0.3, -0.25) is 10.9 Å². The topological polar surface area (TPSA) is 120 Å². The number of hydrogen-bond donors (Lipinski definition) is 6. The SMILES string of the molecule is CNC(=S)N/N=C(/C(=N/NC(=S)NC(C)(C)CCOC(C)(N)C(C)(C)C)c1ccccc1)c1ccc(NC)cc1. The van der Waals surface area contributed by atoms with Gasteiger partial charge in [0.1, 0.15) is 17.1 Å². The fraction of sp³-hybridized carbons (Fsp3) is 0.448. The van der Waals surface area contributed by atoms with Crippen LogP contribution in [0.1, 0.15) is 59.1 Å². The van der Waals surface area contributed by atoms with E-state index in [0.717, 1.165) is 16.8 Å². The summed E-state index contributed by atoms with van der Waals surface area (Å²) in [7, 11) is 3.60. The largest absolute Gasteiger partial charge is 0.388 e. The number of thiocarbonyl (C=S) groups is 2. The number of nitrogens with two attached hydrogens (primary N) is 1. The van der Waals surface area contributed by atoms with Crippen molar-refractivity contribution in [3.8, 4) is 0 Å². The number of anilines is 1. The first-order chi connectivity index (χ1) is 18.7. The molecule has 7 N–H and O–H groups in total. The smallest absolute Gasteiger partial charge is 0.187 e. The predicted octanol–water partition coefficient (Wildman–Crippen LogP) is 4.30. The van der Waals surface area contributed by atoms with Gasteiger partial charge in [-0.25, -0.2) is 0 Å². The summed E-state index contributed by atoms with van der Waals surface area (Å²) in [4.78, 5) is 0. The van der Waals surface area contributed by atoms with Gasteiger partial charge in [0.15, 0.2) is 10.2 Å². The molecule has 40 heavy (non-hydrogen) atoms. The van der Waals surface area contributed by atoms with Gasteiger partial charge in [0.25, 0.3) is 0 Å². The number of ether oxygens (including phenoxy) is 1. The van der Waals surface area contributed by atoms with Crippen molar-refractivity contribution in [2.75, 3.05) is 26.0 Å². The van der Waals surface area contributed by atoms with Crippen molar-refractivity contribution in [3.05, 3.63) is 65.7 Å². The summed E-state index contributed by atoms with van der Waals surface area (Å²) in [6, 6.07) is 17.6. The quantitative estimate of drug-likeness (QED) is 0.0994. The summed E-state index contributed by atoms with van der Waals surface area (Å²) in [6.07, 6.45) is 0.683. The molecule has 0 aliphatic heterocycles. The molecule has 0 amide bonds. The van der Waals surface area contributed by atoms with E-state index in [0.29, 0.717) is 34.7 Å². The Kier molecular flexibility index (Phi) is 12.0. The van der Waals surface area contributed by atoms with Crippen LogP contribution in [0.2, 0.25) is 0 Å². The molecule has 0 heterocycles. The standard InChI is InChI=1S/C29H44N8OS2/c1-27(2,3)29(6,30)38-19-18-28(4,5)33-26(40)37-35-23(20-12-10-9-11-13-20)24(34-36-25(39)32-8)21-14-16-22(31-7)17-15-21/h9-17,31H,18-19,30H2,1-8H3,(H2,32,36,39)(H2,33,37,40)/b34-24+,35-23+. The second kappa shape index (κ2) is 14.5. The maximum atomic E-state index is 6.37. The Bertz CT molecular complexity index is 1190. The maximum absolute atomic E-state index is 6.37. The van der Waals surface area contributed by atoms with Crippen molar-refractivity contribution in [2.45, 2.75) is 59.2 Å². The Balaban J connectivity index is 2.30. The molecule has 2 rings (SSSR count). The highest BCUT2D eigenvalue weighted by atomic mass is 32.1. The lowest BCUT2D eigenvalue weighted by molar-refractivity contribution is -0.103. The van der Waals surface area contributed by atoms with Gasteiger partial charge >= 0.3 is 0 Å². The van der Waals surface area contributed by atoms with Gasteiger partial charge in [-0.1, -0.05) is 63.2 Å². The number of nitrogens with zero attached hydrogens (tertiary/aromatic N) is 2. The molecular weight excluding hydrogens is 541 g/mol. The molecule has 0 bridgehead atoms. The third-order valence-electron chi connectivity index (χ3n) is 6.55. The summed E-state index contributed by atoms with van der Waals surface area (Å²) >= 11 is 10.9. The molecule has 0 aromatic heterocycles. The average Bonchev–Trinajstić information content (AvgIpc) is 2.89. The van der Waals surface area contributed by atoms with Gasteiger partial charge in [0.05, 0.1) is 6.61 Å². The zero-order valence-electron chi connectivity index (χ0n) is 24.8. The van der Waals surface area contributed by atoms with Crippen LogP contribution in [0.15, 0.2) is 64.8 Å². The van der Waals surface area contributed by atoms with Crippen LogP contribution in [-0.2, 0) is 4.74 Å². The first-order valence-electron chi connectivity index (χ1n) is 13.2. The van der Waals surface area contributed by atoms with Crippen molar-refractivity contribution in [1.29, 1.82) is 0 Å². The van der Waals surface area contributed by atoms with Gasteiger partial charge in [0, 0.05) is 41.9 Å². The lowest BCUT2D eigenvalue weighted by Gasteiger charge is -2.39. The van der Waals surface area contributed by atoms with Gasteiger partial charge in [-0.15, -0.1) is 0 Å². The highest BCUT2D eigenvalue weighted by molar-refractivity contribution is 7.80. The van der Waals surface area contributed by atoms with E-state index >= 15 is 0 Å². The van der Waals surface area contributed by atoms with E-state index in [9.17, 15) is 0 Å². The van der Waals surface area contributed by atoms with E-state index in [2.05, 4.69) is 66.5 Å². The zero-order chi connectivity index (χ0) is 30.0. The molecule has 9 nitrogen and oxygen atoms in total. The summed E-state index contributed by atoms with van der Waals surface area (Å²) in [6.45, 7) is 12.7. The predicted molar refractivity (Wildman–Crippen MR) is 176 cm³/mol. The molecule has 0 saturated heterocycles. The Morgan fingerprint density at radius 1 is 0.800 bits per heavy atom. The third kappa shape index (κ3) is 10.1. The van der Waals surface area contributed by atoms with E-state index < -0.39 is 5.72 Å². The summed E-state index contributed by atoms with van der Waals surface area (Å²) in [5, 5.41) is 19.4. The molecular formula is C29H44N8OS2. The molecule has 0 fully saturated rings. The Morgan fingerprint density at radius 3 is 1.82 bits per heavy atom. The molecule has 1 atom stereocenters. The van der Waals surface area contributed by atoms with E-state index in [-0.39, 0.29) is 11.0 Å². The van der Waals surface area contributed by atoms with Gasteiger partial charge in [-0.2, -0.15) is 10.2 Å². The van der Waals surface area contributed by atoms with Crippen LogP contribution < -0.4 is 32.5 Å². The molecule has 0 saturated carbocycles. The highest BCUT2D eigenvalue weighted by Crippen LogP contribution is 2.29. The van der Waals surface area contributed by atoms with Gasteiger partial charge < -0.3 is 26.4 Å². The average molecular weight is 585 g/mol. The van der Waals surface area contributed by atoms with Crippen LogP contribution >= 0.6 is 24.4 Å². The fourth-order valence-corrected chi connectivity index (χ4v) is 3.67. The number of benzene rings is 2. The summed E-state index contributed by atoms with van der Waals surface area (Å²) < 4.78 is 6.02. The van der Waals surface area contributed by atoms with Crippen molar-refractivity contribution < 1.29 is 4.74 Å². The van der Waals surface area contributed by atoms with Crippen molar-refractivity contribution >= 4 is 51.8 Å². The van der Waals surface area contributed by atoms with Crippen LogP contribution in [0.3, 0.4) is 0 Å². The lowest BCUT2D eigenvalue weighted by atomic mass is 9.85. The molecule has 1 unspecified atom stereocenters. The normalized spacial score (nSPS) is 14.1. The molecule has 0 aliphatic carbocycles. The van der Waals surface area contributed by atoms with Crippen molar-refractivity contribution in [1.82, 2.24) is 21.5 Å². The number of hydrogen-bond acceptors (Lipinski definition) is 7. The van der Waals surface area contributed by atoms with Gasteiger partial charge in [0.2, 0.25) is 0 Å². The molecule has 0 aliphatic rings. The Morgan fingerprint density at radius 2 is 1.32 bits per heavy atom. The lowest BCUT2D eigenvalue weighted by Crippen LogP contribution is -2.52. The third-order valence-corrected chi connectivity index (χ3v) is 7.04. The monoisotopic (exact) mass is 584 g/mol. The highest BCUT2D eigenvalue weighted by Gasteiger charge is 2.35. The van der Waals surface area contributed by atoms with E-state index in [1.807, 2.05) is 68.6 Å². The molecule has 0 radical (unpaired) electrons. The molecule has 2 aromatic rings. The number of nitrogens with one attached hydrogen (secondary N) is 5. The van der Waals surface area contributed by atoms with E-state index in [1.165, 1.54) is 0 Å². The van der Waals surface area contributed by atoms with Crippen LogP contribution in [-0.4, -0.2) is 53.6 Å². The number of hydrazone groups is 2. The molecule has 218 valence electrons. The van der Waals surface area contributed by atoms with Crippen LogP contribution in [0.4, 0.5) is 5.69 Å². The second-order valence-electron chi connectivity index (χ2n) is 11.2. The molecule has 0 spiro atoms. The molecule has 2 aromatic carbocycles. The number of rotatable bonds is 11. The zero-order valence-corrected chi connectivity index (χ0v) is 26.4. The van der Waals surface area contributed by atoms with Gasteiger partial charge in [-0.05, 0) is 63.8 Å². The fourth-order valence-electron chi connectivity index (χ4n) is 3.30. The van der Waals surface area contributed by atoms with Crippen molar-refractivity contribution in [2.24, 2.45) is 21.4 Å². The Hall–Kier alpha value is -3.12. The maximum Gasteiger partial charge on any atom is 0.187 e. The van der Waals surface area contributed by atoms with Crippen LogP contribution in [0.5, 0.6) is 0 Å². The minimum atomic E-state index is -0.749.